The van der Waals surface area contributed by atoms with Gasteiger partial charge < -0.3 is 117 Å². The Balaban J connectivity index is 3.63. The highest BCUT2D eigenvalue weighted by atomic mass is 16.7. The van der Waals surface area contributed by atoms with Gasteiger partial charge in [0.2, 0.25) is 70.9 Å². The zero-order valence-electron chi connectivity index (χ0n) is 65.7. The molecule has 34 heteroatoms. The maximum Gasteiger partial charge on any atom is 0.243 e. The molecule has 25 N–H and O–H groups in total. The molecule has 0 aromatic rings. The van der Waals surface area contributed by atoms with Crippen LogP contribution < -0.4 is 87.2 Å². The van der Waals surface area contributed by atoms with E-state index in [0.29, 0.717) is 89.9 Å². The minimum Gasteiger partial charge on any atom is -0.394 e. The van der Waals surface area contributed by atoms with Gasteiger partial charge in [-0.2, -0.15) is 0 Å². The number of unbranched alkanes of at least 4 members (excludes halogenated alkanes) is 8. The Hall–Kier alpha value is -6.76. The van der Waals surface area contributed by atoms with Gasteiger partial charge in [0.1, 0.15) is 84.8 Å². The largest absolute Gasteiger partial charge is 0.394 e. The van der Waals surface area contributed by atoms with E-state index >= 15 is 0 Å². The molecule has 107 heavy (non-hydrogen) atoms. The van der Waals surface area contributed by atoms with E-state index in [1.807, 2.05) is 13.8 Å². The van der Waals surface area contributed by atoms with E-state index < -0.39 is 199 Å². The third-order valence-corrected chi connectivity index (χ3v) is 20.2. The summed E-state index contributed by atoms with van der Waals surface area (Å²) >= 11 is 0. The second-order valence-corrected chi connectivity index (χ2v) is 28.7. The number of nitrogens with two attached hydrogens (primary N) is 5. The van der Waals surface area contributed by atoms with Gasteiger partial charge in [0.05, 0.1) is 19.8 Å². The summed E-state index contributed by atoms with van der Waals surface area (Å²) in [5, 5.41) is 70.8. The number of nitrogens with one attached hydrogen (secondary N) is 11. The summed E-state index contributed by atoms with van der Waals surface area (Å²) in [6.45, 7) is 18.8. The number of primary amides is 1. The van der Waals surface area contributed by atoms with Crippen LogP contribution in [0.4, 0.5) is 0 Å². The van der Waals surface area contributed by atoms with Gasteiger partial charge in [-0.1, -0.05) is 134 Å². The summed E-state index contributed by atoms with van der Waals surface area (Å²) < 4.78 is 10.9. The van der Waals surface area contributed by atoms with Crippen LogP contribution in [0.3, 0.4) is 0 Å². The molecule has 0 spiro atoms. The predicted octanol–water partition coefficient (Wildman–Crippen LogP) is -1.64. The molecule has 34 nitrogen and oxygen atoms in total. The molecule has 1 heterocycles. The van der Waals surface area contributed by atoms with Crippen LogP contribution in [-0.2, 0) is 67.0 Å². The van der Waals surface area contributed by atoms with Crippen LogP contribution in [0.25, 0.3) is 0 Å². The Bertz CT molecular complexity index is 2690. The number of carbonyl (C=O) groups is 12. The Morgan fingerprint density at radius 1 is 0.374 bits per heavy atom. The minimum absolute atomic E-state index is 0.00956. The quantitative estimate of drug-likeness (QED) is 0.0304. The van der Waals surface area contributed by atoms with Crippen molar-refractivity contribution in [1.29, 1.82) is 0 Å². The van der Waals surface area contributed by atoms with Crippen LogP contribution in [-0.4, -0.2) is 228 Å². The van der Waals surface area contributed by atoms with Crippen molar-refractivity contribution in [2.24, 2.45) is 58.3 Å². The van der Waals surface area contributed by atoms with E-state index in [1.54, 1.807) is 55.4 Å². The van der Waals surface area contributed by atoms with E-state index in [4.69, 9.17) is 38.1 Å². The molecular formula is C73H138N16O18. The molecule has 12 amide bonds. The Labute approximate surface area is 633 Å². The summed E-state index contributed by atoms with van der Waals surface area (Å²) in [4.78, 5) is 169. The number of hydrogen-bond donors (Lipinski definition) is 20. The van der Waals surface area contributed by atoms with Crippen LogP contribution >= 0.6 is 0 Å². The fraction of sp³-hybridized carbons (Fsp3) is 0.836. The molecule has 0 bridgehead atoms. The maximum absolute atomic E-state index is 14.8. The Kier molecular flexibility index (Phi) is 50.3. The maximum atomic E-state index is 14.8. The fourth-order valence-corrected chi connectivity index (χ4v) is 11.9. The first-order valence-electron chi connectivity index (χ1n) is 39.2. The lowest BCUT2D eigenvalue weighted by molar-refractivity contribution is -0.301. The highest BCUT2D eigenvalue weighted by molar-refractivity contribution is 5.99. The first-order chi connectivity index (χ1) is 50.8. The van der Waals surface area contributed by atoms with E-state index in [1.165, 1.54) is 0 Å². The highest BCUT2D eigenvalue weighted by Crippen LogP contribution is 2.23. The monoisotopic (exact) mass is 1530 g/mol. The van der Waals surface area contributed by atoms with E-state index in [0.717, 1.165) is 25.7 Å². The zero-order valence-corrected chi connectivity index (χ0v) is 65.7. The molecule has 618 valence electrons. The van der Waals surface area contributed by atoms with Crippen LogP contribution in [0.1, 0.15) is 224 Å². The van der Waals surface area contributed by atoms with Crippen molar-refractivity contribution in [3.8, 4) is 0 Å². The second kappa shape index (κ2) is 54.8. The van der Waals surface area contributed by atoms with E-state index in [-0.39, 0.29) is 70.7 Å². The first kappa shape index (κ1) is 98.2. The van der Waals surface area contributed by atoms with Gasteiger partial charge in [-0.05, 0) is 139 Å². The lowest BCUT2D eigenvalue weighted by atomic mass is 9.94. The van der Waals surface area contributed by atoms with Crippen molar-refractivity contribution in [2.75, 3.05) is 45.9 Å². The zero-order chi connectivity index (χ0) is 80.9. The van der Waals surface area contributed by atoms with Gasteiger partial charge in [-0.25, -0.2) is 0 Å². The standard InChI is InChI=1S/C73H138N16O18/c1-12-18-19-20-21-34-53(91)79-39-54(92)85-55(42(7)13-2)71(104)88-57(44(9)15-4)68(101)82-47(30-22-26-35-74)65(98)81-50(33-25-29-38-77)67(100)87-59(46(11)17-6)72(105)89-58(45(10)16-5)69(102)83-48(31-23-27-36-75)64(97)80-49(32-24-28-37-76)66(99)86-56(43(8)14-3)70(103)84-51(63(78)96)41-106-73-62(95)61(94)60(93)52(40-90)107-73/h42-52,55-62,73,90,93-95H,12-41,74-77H2,1-11H3,(H2,78,96)(H,79,91)(H,80,97)(H,81,98)(H,82,101)(H,83,102)(H,84,103)(H,85,92)(H,86,99)(H,87,100)(H,88,104)(H,89,105)/t42-,43-,44-,45-,46-,47-,48-,49-,50-,51-,52+,55-,56-,57-,58-,59-,60-,61-,62+,73+/m0/s1. The molecule has 20 atom stereocenters. The number of hydrogen-bond acceptors (Lipinski definition) is 22. The van der Waals surface area contributed by atoms with Gasteiger partial charge in [-0.3, -0.25) is 57.5 Å². The second-order valence-electron chi connectivity index (χ2n) is 28.7. The van der Waals surface area contributed by atoms with Crippen LogP contribution in [0.15, 0.2) is 0 Å². The number of aliphatic hydroxyl groups excluding tert-OH is 4. The average Bonchev–Trinajstić information content (AvgIpc) is 0.826. The molecule has 0 radical (unpaired) electrons. The van der Waals surface area contributed by atoms with Crippen molar-refractivity contribution >= 4 is 70.9 Å². The van der Waals surface area contributed by atoms with Crippen molar-refractivity contribution in [3.63, 3.8) is 0 Å². The molecule has 1 aliphatic rings. The van der Waals surface area contributed by atoms with Gasteiger partial charge in [0.25, 0.3) is 0 Å². The van der Waals surface area contributed by atoms with E-state index in [9.17, 15) is 78.0 Å². The third kappa shape index (κ3) is 35.7. The first-order valence-corrected chi connectivity index (χ1v) is 39.2. The van der Waals surface area contributed by atoms with Gasteiger partial charge in [0, 0.05) is 6.42 Å². The summed E-state index contributed by atoms with van der Waals surface area (Å²) in [5.41, 5.74) is 29.1. The highest BCUT2D eigenvalue weighted by Gasteiger charge is 2.45. The summed E-state index contributed by atoms with van der Waals surface area (Å²) in [6.07, 6.45) is 1.77. The molecule has 1 rings (SSSR count). The molecule has 0 saturated carbocycles. The third-order valence-electron chi connectivity index (χ3n) is 20.2. The number of ether oxygens (including phenoxy) is 2. The Morgan fingerprint density at radius 2 is 0.682 bits per heavy atom. The number of rotatable bonds is 58. The molecule has 0 aromatic heterocycles. The molecule has 0 aliphatic carbocycles. The molecule has 0 aromatic carbocycles. The van der Waals surface area contributed by atoms with Gasteiger partial charge in [-0.15, -0.1) is 0 Å². The summed E-state index contributed by atoms with van der Waals surface area (Å²) in [5.74, 6) is -11.5. The smallest absolute Gasteiger partial charge is 0.243 e. The number of aliphatic hydroxyl groups is 4. The van der Waals surface area contributed by atoms with Crippen molar-refractivity contribution in [1.82, 2.24) is 58.5 Å². The van der Waals surface area contributed by atoms with Gasteiger partial charge >= 0.3 is 0 Å². The predicted molar refractivity (Wildman–Crippen MR) is 404 cm³/mol. The number of carbonyl (C=O) groups excluding carboxylic acids is 12. The van der Waals surface area contributed by atoms with Gasteiger partial charge in [0.15, 0.2) is 6.29 Å². The molecule has 1 aliphatic heterocycles. The number of amides is 12. The van der Waals surface area contributed by atoms with Crippen molar-refractivity contribution < 1.29 is 87.4 Å². The summed E-state index contributed by atoms with van der Waals surface area (Å²) in [6, 6.07) is -13.1. The average molecular weight is 1530 g/mol. The topological polar surface area (TPSA) is 567 Å². The SMILES string of the molecule is CCCCCCCC(=O)NCC(=O)N[C@H](C(=O)N[C@H](C(=O)N[C@@H](CCCCN)C(=O)N[C@@H](CCCCN)C(=O)N[C@H](C(=O)N[C@H](C(=O)N[C@@H](CCCCN)C(=O)N[C@@H](CCCCN)C(=O)N[C@H](C(=O)N[C@@H](CO[C@@H]1O[C@H](CO)[C@H](O)[C@H](O)[C@H]1O)C(N)=O)[C@@H](C)CC)[C@@H](C)CC)[C@@H](C)CC)[C@@H](C)CC)[C@@H](C)CC. The Morgan fingerprint density at radius 3 is 1.01 bits per heavy atom. The molecule has 1 saturated heterocycles. The van der Waals surface area contributed by atoms with E-state index in [2.05, 4.69) is 65.4 Å². The van der Waals surface area contributed by atoms with Crippen LogP contribution in [0.5, 0.6) is 0 Å². The van der Waals surface area contributed by atoms with Crippen LogP contribution in [0, 0.1) is 29.6 Å². The van der Waals surface area contributed by atoms with Crippen molar-refractivity contribution in [2.45, 2.75) is 315 Å². The molecule has 1 fully saturated rings. The van der Waals surface area contributed by atoms with Crippen molar-refractivity contribution in [3.05, 3.63) is 0 Å². The van der Waals surface area contributed by atoms with Crippen LogP contribution in [0.2, 0.25) is 0 Å². The fourth-order valence-electron chi connectivity index (χ4n) is 11.9. The normalized spacial score (nSPS) is 19.9. The lowest BCUT2D eigenvalue weighted by Gasteiger charge is -2.39. The molecular weight excluding hydrogens is 1390 g/mol. The minimum atomic E-state index is -1.84. The molecule has 0 unspecified atom stereocenters. The summed E-state index contributed by atoms with van der Waals surface area (Å²) in [7, 11) is 0. The lowest BCUT2D eigenvalue weighted by Crippen LogP contribution is -2.62.